The quantitative estimate of drug-likeness (QED) is 0.641. The summed E-state index contributed by atoms with van der Waals surface area (Å²) in [6, 6.07) is 11.1. The summed E-state index contributed by atoms with van der Waals surface area (Å²) in [5.41, 5.74) is 3.88. The van der Waals surface area contributed by atoms with Crippen LogP contribution in [0.2, 0.25) is 5.02 Å². The maximum absolute atomic E-state index is 13.0. The molecule has 0 spiro atoms. The van der Waals surface area contributed by atoms with E-state index in [1.807, 2.05) is 29.2 Å². The summed E-state index contributed by atoms with van der Waals surface area (Å²) in [6.07, 6.45) is 1.65. The van der Waals surface area contributed by atoms with Gasteiger partial charge in [0.05, 0.1) is 5.52 Å². The third-order valence-electron chi connectivity index (χ3n) is 6.02. The lowest BCUT2D eigenvalue weighted by atomic mass is 9.97. The third-order valence-corrected chi connectivity index (χ3v) is 6.24. The van der Waals surface area contributed by atoms with Gasteiger partial charge in [-0.25, -0.2) is 0 Å². The number of rotatable bonds is 3. The minimum atomic E-state index is -0.548. The molecule has 1 saturated heterocycles. The van der Waals surface area contributed by atoms with E-state index in [9.17, 15) is 9.59 Å². The lowest BCUT2D eigenvalue weighted by Gasteiger charge is -2.29. The second-order valence-corrected chi connectivity index (χ2v) is 8.43. The van der Waals surface area contributed by atoms with Crippen LogP contribution in [0, 0.1) is 0 Å². The number of piperazine rings is 1. The Hall–Kier alpha value is -3.16. The Labute approximate surface area is 190 Å². The Morgan fingerprint density at radius 1 is 1.16 bits per heavy atom. The predicted octanol–water partition coefficient (Wildman–Crippen LogP) is 2.65. The van der Waals surface area contributed by atoms with Crippen molar-refractivity contribution in [2.75, 3.05) is 33.2 Å². The number of ether oxygens (including phenoxy) is 1. The number of halogens is 1. The van der Waals surface area contributed by atoms with Gasteiger partial charge in [-0.05, 0) is 35.9 Å². The number of pyridine rings is 1. The van der Waals surface area contributed by atoms with Crippen LogP contribution in [-0.2, 0) is 11.2 Å². The van der Waals surface area contributed by atoms with E-state index in [0.717, 1.165) is 35.2 Å². The fourth-order valence-electron chi connectivity index (χ4n) is 4.42. The molecule has 7 nitrogen and oxygen atoms in total. The van der Waals surface area contributed by atoms with Gasteiger partial charge in [0.1, 0.15) is 5.75 Å². The fourth-order valence-corrected chi connectivity index (χ4v) is 4.66. The van der Waals surface area contributed by atoms with Crippen molar-refractivity contribution in [1.29, 1.82) is 0 Å². The summed E-state index contributed by atoms with van der Waals surface area (Å²) in [4.78, 5) is 31.4. The number of amides is 2. The van der Waals surface area contributed by atoms with E-state index in [1.54, 1.807) is 25.4 Å². The molecule has 2 aromatic carbocycles. The number of benzene rings is 2. The van der Waals surface area contributed by atoms with Crippen LogP contribution in [0.15, 0.2) is 42.6 Å². The zero-order chi connectivity index (χ0) is 22.2. The molecule has 164 valence electrons. The van der Waals surface area contributed by atoms with Gasteiger partial charge in [-0.1, -0.05) is 17.7 Å². The zero-order valence-electron chi connectivity index (χ0n) is 17.7. The molecule has 0 aliphatic carbocycles. The maximum atomic E-state index is 13.0. The van der Waals surface area contributed by atoms with Crippen LogP contribution < -0.4 is 15.4 Å². The standard InChI is InChI=1S/C24H23ClN4O3/c1-26-23(30)14-2-3-18-17(4-5-28-20(18)11-14)19-13-16(25)10-15-12-21(32-22(15)19)24(31)29-8-6-27-7-9-29/h2-5,10-11,13,21,27H,6-9,12H2,1H3,(H,26,30)/t21-/m1/s1. The number of aromatic nitrogens is 1. The average Bonchev–Trinajstić information content (AvgIpc) is 3.26. The molecule has 2 aliphatic rings. The minimum absolute atomic E-state index is 0.0135. The van der Waals surface area contributed by atoms with Crippen molar-refractivity contribution >= 4 is 34.3 Å². The fraction of sp³-hybridized carbons (Fsp3) is 0.292. The summed E-state index contributed by atoms with van der Waals surface area (Å²) in [6.45, 7) is 2.96. The number of carbonyl (C=O) groups excluding carboxylic acids is 2. The van der Waals surface area contributed by atoms with E-state index in [-0.39, 0.29) is 11.8 Å². The monoisotopic (exact) mass is 450 g/mol. The molecule has 5 rings (SSSR count). The Morgan fingerprint density at radius 2 is 1.97 bits per heavy atom. The summed E-state index contributed by atoms with van der Waals surface area (Å²) in [7, 11) is 1.60. The molecule has 32 heavy (non-hydrogen) atoms. The molecule has 8 heteroatoms. The molecule has 2 aliphatic heterocycles. The highest BCUT2D eigenvalue weighted by molar-refractivity contribution is 6.31. The van der Waals surface area contributed by atoms with Crippen LogP contribution >= 0.6 is 11.6 Å². The first kappa shape index (κ1) is 20.7. The van der Waals surface area contributed by atoms with Crippen molar-refractivity contribution in [2.24, 2.45) is 0 Å². The van der Waals surface area contributed by atoms with Crippen LogP contribution in [0.1, 0.15) is 15.9 Å². The summed E-state index contributed by atoms with van der Waals surface area (Å²) < 4.78 is 6.24. The van der Waals surface area contributed by atoms with Crippen molar-refractivity contribution in [3.05, 3.63) is 58.7 Å². The molecule has 3 aromatic rings. The van der Waals surface area contributed by atoms with E-state index in [2.05, 4.69) is 15.6 Å². The largest absolute Gasteiger partial charge is 0.479 e. The molecule has 3 heterocycles. The van der Waals surface area contributed by atoms with Gasteiger partial charge < -0.3 is 20.3 Å². The van der Waals surface area contributed by atoms with Gasteiger partial charge in [0.2, 0.25) is 0 Å². The lowest BCUT2D eigenvalue weighted by Crippen LogP contribution is -2.50. The van der Waals surface area contributed by atoms with Crippen molar-refractivity contribution in [3.63, 3.8) is 0 Å². The smallest absolute Gasteiger partial charge is 0.264 e. The van der Waals surface area contributed by atoms with E-state index in [4.69, 9.17) is 16.3 Å². The average molecular weight is 451 g/mol. The predicted molar refractivity (Wildman–Crippen MR) is 123 cm³/mol. The number of hydrogen-bond donors (Lipinski definition) is 2. The summed E-state index contributed by atoms with van der Waals surface area (Å²) in [5.74, 6) is 0.533. The van der Waals surface area contributed by atoms with Gasteiger partial charge in [0.25, 0.3) is 11.8 Å². The lowest BCUT2D eigenvalue weighted by molar-refractivity contribution is -0.138. The van der Waals surface area contributed by atoms with Gasteiger partial charge in [-0.2, -0.15) is 0 Å². The number of nitrogens with zero attached hydrogens (tertiary/aromatic N) is 2. The molecule has 2 amide bonds. The van der Waals surface area contributed by atoms with Crippen LogP contribution in [0.4, 0.5) is 0 Å². The second-order valence-electron chi connectivity index (χ2n) is 8.00. The van der Waals surface area contributed by atoms with E-state index < -0.39 is 6.10 Å². The molecule has 2 N–H and O–H groups in total. The van der Waals surface area contributed by atoms with Crippen LogP contribution in [0.25, 0.3) is 22.0 Å². The van der Waals surface area contributed by atoms with Gasteiger partial charge in [0.15, 0.2) is 6.10 Å². The van der Waals surface area contributed by atoms with Gasteiger partial charge in [-0.3, -0.25) is 14.6 Å². The molecule has 0 unspecified atom stereocenters. The van der Waals surface area contributed by atoms with E-state index in [1.165, 1.54) is 0 Å². The normalized spacial score (nSPS) is 17.7. The summed E-state index contributed by atoms with van der Waals surface area (Å²) in [5, 5.41) is 7.36. The topological polar surface area (TPSA) is 83.6 Å². The van der Waals surface area contributed by atoms with Crippen LogP contribution in [0.3, 0.4) is 0 Å². The van der Waals surface area contributed by atoms with Crippen LogP contribution in [-0.4, -0.2) is 61.0 Å². The number of hydrogen-bond acceptors (Lipinski definition) is 5. The Bertz CT molecular complexity index is 1220. The van der Waals surface area contributed by atoms with Gasteiger partial charge in [-0.15, -0.1) is 0 Å². The van der Waals surface area contributed by atoms with Crippen LogP contribution in [0.5, 0.6) is 5.75 Å². The third kappa shape index (κ3) is 3.67. The van der Waals surface area contributed by atoms with Crippen molar-refractivity contribution in [3.8, 4) is 16.9 Å². The van der Waals surface area contributed by atoms with E-state index in [0.29, 0.717) is 41.4 Å². The molecule has 1 fully saturated rings. The first-order chi connectivity index (χ1) is 15.5. The van der Waals surface area contributed by atoms with Crippen molar-refractivity contribution in [1.82, 2.24) is 20.5 Å². The van der Waals surface area contributed by atoms with Crippen molar-refractivity contribution in [2.45, 2.75) is 12.5 Å². The molecule has 0 saturated carbocycles. The Morgan fingerprint density at radius 3 is 2.75 bits per heavy atom. The zero-order valence-corrected chi connectivity index (χ0v) is 18.4. The first-order valence-corrected chi connectivity index (χ1v) is 11.0. The molecule has 1 atom stereocenters. The number of carbonyl (C=O) groups is 2. The highest BCUT2D eigenvalue weighted by Gasteiger charge is 2.35. The highest BCUT2D eigenvalue weighted by atomic mass is 35.5. The van der Waals surface area contributed by atoms with Gasteiger partial charge >= 0.3 is 0 Å². The molecular formula is C24H23ClN4O3. The van der Waals surface area contributed by atoms with Gasteiger partial charge in [0, 0.05) is 72.9 Å². The molecule has 0 radical (unpaired) electrons. The molecular weight excluding hydrogens is 428 g/mol. The Balaban J connectivity index is 1.53. The first-order valence-electron chi connectivity index (χ1n) is 10.6. The second kappa shape index (κ2) is 8.41. The minimum Gasteiger partial charge on any atom is -0.479 e. The number of nitrogens with one attached hydrogen (secondary N) is 2. The van der Waals surface area contributed by atoms with Crippen molar-refractivity contribution < 1.29 is 14.3 Å². The Kier molecular flexibility index (Phi) is 5.45. The van der Waals surface area contributed by atoms with E-state index >= 15 is 0 Å². The highest BCUT2D eigenvalue weighted by Crippen LogP contribution is 2.43. The maximum Gasteiger partial charge on any atom is 0.264 e. The molecule has 0 bridgehead atoms. The summed E-state index contributed by atoms with van der Waals surface area (Å²) >= 11 is 6.46. The SMILES string of the molecule is CNC(=O)c1ccc2c(-c3cc(Cl)cc4c3O[C@@H](C(=O)N3CCNCC3)C4)ccnc2c1. The number of fused-ring (bicyclic) bond motifs is 2. The molecule has 1 aromatic heterocycles.